The molecule has 3 atom stereocenters. The third-order valence-electron chi connectivity index (χ3n) is 9.45. The van der Waals surface area contributed by atoms with Crippen molar-refractivity contribution in [2.75, 3.05) is 33.2 Å². The number of nitrogens with zero attached hydrogens (tertiary/aromatic N) is 4. The number of nitrogens with one attached hydrogen (secondary N) is 1. The fourth-order valence-electron chi connectivity index (χ4n) is 6.97. The summed E-state index contributed by atoms with van der Waals surface area (Å²) >= 11 is 0. The minimum Gasteiger partial charge on any atom is -0.339 e. The number of non-ortho nitro benzene ring substituents is 1. The van der Waals surface area contributed by atoms with Crippen molar-refractivity contribution >= 4 is 17.6 Å². The van der Waals surface area contributed by atoms with Crippen molar-refractivity contribution in [1.82, 2.24) is 20.0 Å². The van der Waals surface area contributed by atoms with Gasteiger partial charge in [-0.2, -0.15) is 0 Å². The molecular formula is C36H43N5O4. The zero-order chi connectivity index (χ0) is 31.8. The van der Waals surface area contributed by atoms with Crippen LogP contribution < -0.4 is 5.32 Å². The molecule has 2 fully saturated rings. The Morgan fingerprint density at radius 2 is 1.60 bits per heavy atom. The summed E-state index contributed by atoms with van der Waals surface area (Å²) in [6.45, 7) is 7.39. The van der Waals surface area contributed by atoms with E-state index in [1.165, 1.54) is 17.7 Å². The molecule has 0 aromatic heterocycles. The molecular weight excluding hydrogens is 566 g/mol. The molecule has 9 nitrogen and oxygen atoms in total. The molecule has 0 spiro atoms. The topological polar surface area (TPSA) is 99.0 Å². The molecule has 9 heteroatoms. The van der Waals surface area contributed by atoms with Gasteiger partial charge in [0.15, 0.2) is 0 Å². The van der Waals surface area contributed by atoms with Crippen LogP contribution >= 0.6 is 0 Å². The van der Waals surface area contributed by atoms with Crippen LogP contribution in [0.5, 0.6) is 0 Å². The van der Waals surface area contributed by atoms with E-state index < -0.39 is 4.92 Å². The Kier molecular flexibility index (Phi) is 10.6. The van der Waals surface area contributed by atoms with Gasteiger partial charge in [0, 0.05) is 69.6 Å². The highest BCUT2D eigenvalue weighted by molar-refractivity contribution is 5.94. The van der Waals surface area contributed by atoms with Crippen LogP contribution in [0.4, 0.5) is 10.5 Å². The van der Waals surface area contributed by atoms with Crippen LogP contribution in [0.15, 0.2) is 97.6 Å². The highest BCUT2D eigenvalue weighted by Gasteiger charge is 2.40. The summed E-state index contributed by atoms with van der Waals surface area (Å²) in [5.74, 6) is 0.875. The second kappa shape index (κ2) is 15.0. The third-order valence-corrected chi connectivity index (χ3v) is 9.45. The minimum absolute atomic E-state index is 0.0287. The van der Waals surface area contributed by atoms with Gasteiger partial charge < -0.3 is 20.0 Å². The predicted molar refractivity (Wildman–Crippen MR) is 176 cm³/mol. The van der Waals surface area contributed by atoms with E-state index in [4.69, 9.17) is 0 Å². The van der Waals surface area contributed by atoms with Gasteiger partial charge in [0.25, 0.3) is 11.6 Å². The zero-order valence-corrected chi connectivity index (χ0v) is 26.0. The van der Waals surface area contributed by atoms with E-state index in [9.17, 15) is 19.7 Å². The molecule has 3 amide bonds. The van der Waals surface area contributed by atoms with E-state index in [1.807, 2.05) is 47.2 Å². The first kappa shape index (κ1) is 31.9. The molecule has 1 aliphatic carbocycles. The molecule has 1 heterocycles. The van der Waals surface area contributed by atoms with E-state index >= 15 is 0 Å². The summed E-state index contributed by atoms with van der Waals surface area (Å²) in [5.41, 5.74) is 2.90. The van der Waals surface area contributed by atoms with E-state index in [0.29, 0.717) is 24.9 Å². The number of rotatable bonds is 11. The average molecular weight is 610 g/mol. The number of likely N-dealkylation sites (tertiary alicyclic amines) is 1. The maximum absolute atomic E-state index is 13.3. The van der Waals surface area contributed by atoms with Crippen molar-refractivity contribution in [1.29, 1.82) is 0 Å². The number of benzene rings is 3. The molecule has 2 aliphatic rings. The standard InChI is InChI=1S/C36H43N5O4/c1-3-20-40(36(43)37-25-27-14-16-32(17-15-27)41(44)45)31-18-21-39(22-19-31)26-30-23-33(24-34(30)28-10-6-4-7-11-28)38(2)35(42)29-12-8-5-9-13-29/h3-17,30-31,33-34H,1,18-26H2,2H3,(H,37,43)/t30-,33?,34-/m1/s1. The Morgan fingerprint density at radius 1 is 0.956 bits per heavy atom. The van der Waals surface area contributed by atoms with Crippen molar-refractivity contribution in [2.24, 2.45) is 5.92 Å². The molecule has 3 aromatic carbocycles. The lowest BCUT2D eigenvalue weighted by Crippen LogP contribution is -2.51. The quantitative estimate of drug-likeness (QED) is 0.161. The number of carbonyl (C=O) groups is 2. The SMILES string of the molecule is C=CCN(C(=O)NCc1ccc([N+](=O)[O-])cc1)C1CCN(C[C@H]2CC(N(C)C(=O)c3ccccc3)C[C@@H]2c2ccccc2)CC1. The van der Waals surface area contributed by atoms with E-state index in [0.717, 1.165) is 56.4 Å². The normalized spacial score (nSPS) is 20.3. The van der Waals surface area contributed by atoms with Gasteiger partial charge in [-0.25, -0.2) is 4.79 Å². The van der Waals surface area contributed by atoms with Gasteiger partial charge >= 0.3 is 6.03 Å². The van der Waals surface area contributed by atoms with Gasteiger partial charge in [-0.05, 0) is 60.8 Å². The van der Waals surface area contributed by atoms with Gasteiger partial charge in [-0.3, -0.25) is 14.9 Å². The number of amides is 3. The maximum atomic E-state index is 13.3. The average Bonchev–Trinajstić information content (AvgIpc) is 3.50. The third kappa shape index (κ3) is 7.97. The molecule has 0 bridgehead atoms. The van der Waals surface area contributed by atoms with Crippen LogP contribution in [-0.2, 0) is 6.54 Å². The Labute approximate surface area is 265 Å². The fourth-order valence-corrected chi connectivity index (χ4v) is 6.97. The summed E-state index contributed by atoms with van der Waals surface area (Å²) < 4.78 is 0. The lowest BCUT2D eigenvalue weighted by Gasteiger charge is -2.39. The first-order valence-electron chi connectivity index (χ1n) is 15.8. The Balaban J connectivity index is 1.18. The lowest BCUT2D eigenvalue weighted by molar-refractivity contribution is -0.384. The number of carbonyl (C=O) groups excluding carboxylic acids is 2. The first-order valence-corrected chi connectivity index (χ1v) is 15.8. The number of hydrogen-bond donors (Lipinski definition) is 1. The summed E-state index contributed by atoms with van der Waals surface area (Å²) in [6, 6.07) is 26.6. The smallest absolute Gasteiger partial charge is 0.318 e. The van der Waals surface area contributed by atoms with Gasteiger partial charge in [-0.1, -0.05) is 66.7 Å². The monoisotopic (exact) mass is 609 g/mol. The van der Waals surface area contributed by atoms with Gasteiger partial charge in [-0.15, -0.1) is 6.58 Å². The molecule has 1 N–H and O–H groups in total. The summed E-state index contributed by atoms with van der Waals surface area (Å²) in [4.78, 5) is 43.3. The zero-order valence-electron chi connectivity index (χ0n) is 26.0. The minimum atomic E-state index is -0.432. The van der Waals surface area contributed by atoms with Gasteiger partial charge in [0.2, 0.25) is 0 Å². The number of hydrogen-bond acceptors (Lipinski definition) is 5. The fraction of sp³-hybridized carbons (Fsp3) is 0.389. The number of nitro benzene ring substituents is 1. The molecule has 1 saturated heterocycles. The first-order chi connectivity index (χ1) is 21.8. The largest absolute Gasteiger partial charge is 0.339 e. The van der Waals surface area contributed by atoms with Crippen molar-refractivity contribution in [3.63, 3.8) is 0 Å². The number of piperidine rings is 1. The van der Waals surface area contributed by atoms with Gasteiger partial charge in [0.1, 0.15) is 0 Å². The van der Waals surface area contributed by atoms with Crippen LogP contribution in [0.1, 0.15) is 53.1 Å². The second-order valence-corrected chi connectivity index (χ2v) is 12.2. The molecule has 45 heavy (non-hydrogen) atoms. The number of nitro groups is 1. The van der Waals surface area contributed by atoms with E-state index in [-0.39, 0.29) is 29.7 Å². The highest BCUT2D eigenvalue weighted by Crippen LogP contribution is 2.42. The summed E-state index contributed by atoms with van der Waals surface area (Å²) in [6.07, 6.45) is 5.41. The molecule has 3 aromatic rings. The summed E-state index contributed by atoms with van der Waals surface area (Å²) in [7, 11) is 1.94. The van der Waals surface area contributed by atoms with Crippen molar-refractivity contribution in [3.05, 3.63) is 124 Å². The van der Waals surface area contributed by atoms with Crippen LogP contribution in [0.25, 0.3) is 0 Å². The molecule has 1 unspecified atom stereocenters. The van der Waals surface area contributed by atoms with Crippen molar-refractivity contribution in [3.8, 4) is 0 Å². The lowest BCUT2D eigenvalue weighted by atomic mass is 9.88. The highest BCUT2D eigenvalue weighted by atomic mass is 16.6. The Morgan fingerprint density at radius 3 is 2.22 bits per heavy atom. The van der Waals surface area contributed by atoms with Crippen LogP contribution in [0.2, 0.25) is 0 Å². The van der Waals surface area contributed by atoms with Crippen molar-refractivity contribution < 1.29 is 14.5 Å². The summed E-state index contributed by atoms with van der Waals surface area (Å²) in [5, 5.41) is 13.9. The van der Waals surface area contributed by atoms with Crippen LogP contribution in [-0.4, -0.2) is 76.9 Å². The second-order valence-electron chi connectivity index (χ2n) is 12.2. The molecule has 1 aliphatic heterocycles. The molecule has 0 radical (unpaired) electrons. The predicted octanol–water partition coefficient (Wildman–Crippen LogP) is 6.09. The van der Waals surface area contributed by atoms with E-state index in [1.54, 1.807) is 18.2 Å². The van der Waals surface area contributed by atoms with Gasteiger partial charge in [0.05, 0.1) is 4.92 Å². The van der Waals surface area contributed by atoms with Crippen LogP contribution in [0, 0.1) is 16.0 Å². The Hall–Kier alpha value is -4.50. The molecule has 5 rings (SSSR count). The molecule has 1 saturated carbocycles. The van der Waals surface area contributed by atoms with Crippen LogP contribution in [0.3, 0.4) is 0 Å². The Bertz CT molecular complexity index is 1440. The molecule has 236 valence electrons. The van der Waals surface area contributed by atoms with E-state index in [2.05, 4.69) is 47.1 Å². The number of urea groups is 1. The van der Waals surface area contributed by atoms with Crippen molar-refractivity contribution in [2.45, 2.75) is 50.2 Å². The maximum Gasteiger partial charge on any atom is 0.318 e.